The van der Waals surface area contributed by atoms with Crippen molar-refractivity contribution in [2.24, 2.45) is 0 Å². The molecule has 0 aromatic heterocycles. The van der Waals surface area contributed by atoms with Crippen LogP contribution >= 0.6 is 0 Å². The summed E-state index contributed by atoms with van der Waals surface area (Å²) in [6.45, 7) is 8.10. The van der Waals surface area contributed by atoms with Gasteiger partial charge in [0.05, 0.1) is 13.2 Å². The van der Waals surface area contributed by atoms with E-state index in [1.807, 2.05) is 4.90 Å². The lowest BCUT2D eigenvalue weighted by molar-refractivity contribution is -0.133. The van der Waals surface area contributed by atoms with Crippen LogP contribution in [0.25, 0.3) is 0 Å². The van der Waals surface area contributed by atoms with E-state index in [4.69, 9.17) is 9.47 Å². The minimum absolute atomic E-state index is 0.215. The van der Waals surface area contributed by atoms with E-state index in [-0.39, 0.29) is 5.91 Å². The Bertz CT molecular complexity index is 892. The second kappa shape index (κ2) is 11.5. The quantitative estimate of drug-likeness (QED) is 0.725. The third-order valence-corrected chi connectivity index (χ3v) is 6.48. The van der Waals surface area contributed by atoms with Crippen LogP contribution in [0.1, 0.15) is 48.4 Å². The fraction of sp³-hybridized carbons (Fsp3) is 0.519. The van der Waals surface area contributed by atoms with Crippen LogP contribution in [0.4, 0.5) is 0 Å². The molecular weight excluding hydrogens is 400 g/mol. The lowest BCUT2D eigenvalue weighted by Gasteiger charge is -2.25. The molecule has 0 radical (unpaired) electrons. The lowest BCUT2D eigenvalue weighted by atomic mass is 9.99. The van der Waals surface area contributed by atoms with Gasteiger partial charge in [-0.05, 0) is 60.7 Å². The summed E-state index contributed by atoms with van der Waals surface area (Å²) in [5, 5.41) is 0. The van der Waals surface area contributed by atoms with Crippen molar-refractivity contribution >= 4 is 5.91 Å². The van der Waals surface area contributed by atoms with Gasteiger partial charge in [0.15, 0.2) is 0 Å². The number of carbonyl (C=O) groups is 1. The average molecular weight is 437 g/mol. The number of carbonyl (C=O) groups excluding carboxylic acids is 1. The van der Waals surface area contributed by atoms with Gasteiger partial charge < -0.3 is 19.3 Å². The van der Waals surface area contributed by atoms with Gasteiger partial charge in [-0.2, -0.15) is 0 Å². The standard InChI is InChI=1S/C27H36N2O3/c1-2-22-8-9-26-25(19-22)20-23-6-5-7-24(18-23)21-29(14-15-31-16-17-32-26)27(30)10-13-28-11-3-4-12-28/h5-9,18-19H,2-4,10-17,20-21H2,1H3. The molecule has 1 fully saturated rings. The van der Waals surface area contributed by atoms with Crippen LogP contribution in [0.3, 0.4) is 0 Å². The summed E-state index contributed by atoms with van der Waals surface area (Å²) in [6, 6.07) is 15.1. The van der Waals surface area contributed by atoms with E-state index in [0.717, 1.165) is 38.2 Å². The highest BCUT2D eigenvalue weighted by Gasteiger charge is 2.18. The zero-order chi connectivity index (χ0) is 22.2. The van der Waals surface area contributed by atoms with Crippen LogP contribution in [0.5, 0.6) is 5.75 Å². The lowest BCUT2D eigenvalue weighted by Crippen LogP contribution is -2.36. The second-order valence-electron chi connectivity index (χ2n) is 8.87. The van der Waals surface area contributed by atoms with Gasteiger partial charge in [-0.25, -0.2) is 0 Å². The summed E-state index contributed by atoms with van der Waals surface area (Å²) >= 11 is 0. The van der Waals surface area contributed by atoms with E-state index in [9.17, 15) is 4.79 Å². The molecule has 2 aromatic rings. The fourth-order valence-electron chi connectivity index (χ4n) is 4.61. The number of hydrogen-bond acceptors (Lipinski definition) is 4. The molecule has 2 bridgehead atoms. The molecule has 0 unspecified atom stereocenters. The first-order valence-corrected chi connectivity index (χ1v) is 12.1. The Morgan fingerprint density at radius 3 is 2.66 bits per heavy atom. The summed E-state index contributed by atoms with van der Waals surface area (Å²) in [5.74, 6) is 1.15. The van der Waals surface area contributed by atoms with Crippen molar-refractivity contribution in [3.63, 3.8) is 0 Å². The third kappa shape index (κ3) is 6.33. The molecule has 5 nitrogen and oxygen atoms in total. The smallest absolute Gasteiger partial charge is 0.224 e. The Morgan fingerprint density at radius 1 is 0.969 bits per heavy atom. The maximum Gasteiger partial charge on any atom is 0.224 e. The Morgan fingerprint density at radius 2 is 1.81 bits per heavy atom. The molecule has 0 N–H and O–H groups in total. The minimum Gasteiger partial charge on any atom is -0.491 e. The van der Waals surface area contributed by atoms with Crippen molar-refractivity contribution in [2.75, 3.05) is 46.0 Å². The van der Waals surface area contributed by atoms with Gasteiger partial charge in [0, 0.05) is 32.5 Å². The molecule has 1 saturated heterocycles. The van der Waals surface area contributed by atoms with Crippen LogP contribution in [0.15, 0.2) is 42.5 Å². The highest BCUT2D eigenvalue weighted by Crippen LogP contribution is 2.25. The van der Waals surface area contributed by atoms with E-state index in [1.54, 1.807) is 0 Å². The first-order valence-electron chi connectivity index (χ1n) is 12.1. The molecule has 32 heavy (non-hydrogen) atoms. The molecule has 2 aliphatic heterocycles. The molecule has 2 aromatic carbocycles. The minimum atomic E-state index is 0.215. The number of hydrogen-bond donors (Lipinski definition) is 0. The second-order valence-corrected chi connectivity index (χ2v) is 8.87. The first-order chi connectivity index (χ1) is 15.7. The number of benzene rings is 2. The Labute approximate surface area is 192 Å². The molecule has 5 heteroatoms. The van der Waals surface area contributed by atoms with Crippen LogP contribution in [0, 0.1) is 0 Å². The predicted octanol–water partition coefficient (Wildman–Crippen LogP) is 4.06. The zero-order valence-corrected chi connectivity index (χ0v) is 19.4. The van der Waals surface area contributed by atoms with Gasteiger partial charge in [-0.1, -0.05) is 43.3 Å². The number of fused-ring (bicyclic) bond motifs is 3. The van der Waals surface area contributed by atoms with Gasteiger partial charge in [0.25, 0.3) is 0 Å². The van der Waals surface area contributed by atoms with Gasteiger partial charge >= 0.3 is 0 Å². The number of likely N-dealkylation sites (tertiary alicyclic amines) is 1. The number of nitrogens with zero attached hydrogens (tertiary/aromatic N) is 2. The monoisotopic (exact) mass is 436 g/mol. The summed E-state index contributed by atoms with van der Waals surface area (Å²) in [7, 11) is 0. The number of amides is 1. The topological polar surface area (TPSA) is 42.0 Å². The third-order valence-electron chi connectivity index (χ3n) is 6.48. The molecule has 2 heterocycles. The normalized spacial score (nSPS) is 18.0. The highest BCUT2D eigenvalue weighted by molar-refractivity contribution is 5.76. The Kier molecular flexibility index (Phi) is 8.18. The maximum absolute atomic E-state index is 13.0. The van der Waals surface area contributed by atoms with Crippen molar-refractivity contribution < 1.29 is 14.3 Å². The number of ether oxygens (including phenoxy) is 2. The summed E-state index contributed by atoms with van der Waals surface area (Å²) < 4.78 is 11.9. The van der Waals surface area contributed by atoms with Crippen molar-refractivity contribution in [1.82, 2.24) is 9.80 Å². The summed E-state index contributed by atoms with van der Waals surface area (Å²) in [6.07, 6.45) is 4.91. The molecule has 0 aliphatic carbocycles. The molecule has 4 rings (SSSR count). The van der Waals surface area contributed by atoms with Gasteiger partial charge in [-0.3, -0.25) is 4.79 Å². The first kappa shape index (κ1) is 22.8. The van der Waals surface area contributed by atoms with Crippen molar-refractivity contribution in [2.45, 2.75) is 45.6 Å². The maximum atomic E-state index is 13.0. The van der Waals surface area contributed by atoms with Crippen LogP contribution in [0.2, 0.25) is 0 Å². The SMILES string of the molecule is CCc1ccc2c(c1)Cc1cccc(c1)CN(C(=O)CCN1CCCC1)CCOCCO2. The molecule has 1 amide bonds. The molecular formula is C27H36N2O3. The summed E-state index contributed by atoms with van der Waals surface area (Å²) in [4.78, 5) is 17.4. The highest BCUT2D eigenvalue weighted by atomic mass is 16.5. The van der Waals surface area contributed by atoms with Crippen LogP contribution in [-0.2, 0) is 28.9 Å². The van der Waals surface area contributed by atoms with Gasteiger partial charge in [-0.15, -0.1) is 0 Å². The van der Waals surface area contributed by atoms with E-state index in [1.165, 1.54) is 35.1 Å². The summed E-state index contributed by atoms with van der Waals surface area (Å²) in [5.41, 5.74) is 4.94. The van der Waals surface area contributed by atoms with Crippen molar-refractivity contribution in [3.05, 3.63) is 64.7 Å². The average Bonchev–Trinajstić information content (AvgIpc) is 3.33. The zero-order valence-electron chi connectivity index (χ0n) is 19.4. The van der Waals surface area contributed by atoms with Gasteiger partial charge in [0.2, 0.25) is 5.91 Å². The Hall–Kier alpha value is -2.37. The number of rotatable bonds is 4. The molecule has 0 atom stereocenters. The van der Waals surface area contributed by atoms with Crippen molar-refractivity contribution in [3.8, 4) is 5.75 Å². The van der Waals surface area contributed by atoms with Crippen LogP contribution < -0.4 is 4.74 Å². The molecule has 0 saturated carbocycles. The van der Waals surface area contributed by atoms with E-state index >= 15 is 0 Å². The predicted molar refractivity (Wildman–Crippen MR) is 127 cm³/mol. The molecule has 2 aliphatic rings. The largest absolute Gasteiger partial charge is 0.491 e. The molecule has 172 valence electrons. The molecule has 0 spiro atoms. The van der Waals surface area contributed by atoms with Crippen LogP contribution in [-0.4, -0.2) is 61.7 Å². The van der Waals surface area contributed by atoms with E-state index < -0.39 is 0 Å². The van der Waals surface area contributed by atoms with Crippen molar-refractivity contribution in [1.29, 1.82) is 0 Å². The van der Waals surface area contributed by atoms with Gasteiger partial charge in [0.1, 0.15) is 12.4 Å². The Balaban J connectivity index is 1.50. The van der Waals surface area contributed by atoms with E-state index in [2.05, 4.69) is 54.3 Å². The van der Waals surface area contributed by atoms with E-state index in [0.29, 0.717) is 39.3 Å². The fourth-order valence-corrected chi connectivity index (χ4v) is 4.61. The number of aryl methyl sites for hydroxylation is 1.